The normalized spacial score (nSPS) is 26.0. The average Bonchev–Trinajstić information content (AvgIpc) is 2.51. The number of carbonyl (C=O) groups is 1. The van der Waals surface area contributed by atoms with Crippen molar-refractivity contribution < 1.29 is 18.0 Å². The maximum absolute atomic E-state index is 12.7. The number of rotatable bonds is 4. The molecule has 1 heterocycles. The first-order valence-electron chi connectivity index (χ1n) is 8.05. The highest BCUT2D eigenvalue weighted by Gasteiger charge is 2.33. The van der Waals surface area contributed by atoms with Gasteiger partial charge in [0.15, 0.2) is 5.16 Å². The maximum atomic E-state index is 12.7. The van der Waals surface area contributed by atoms with Crippen molar-refractivity contribution in [1.82, 2.24) is 15.3 Å². The van der Waals surface area contributed by atoms with Crippen LogP contribution in [0.4, 0.5) is 13.2 Å². The van der Waals surface area contributed by atoms with Crippen LogP contribution in [0.5, 0.6) is 0 Å². The summed E-state index contributed by atoms with van der Waals surface area (Å²) in [7, 11) is 0. The molecule has 24 heavy (non-hydrogen) atoms. The van der Waals surface area contributed by atoms with E-state index in [9.17, 15) is 18.0 Å². The third-order valence-electron chi connectivity index (χ3n) is 4.61. The summed E-state index contributed by atoms with van der Waals surface area (Å²) >= 11 is 0.938. The molecule has 1 aliphatic rings. The minimum atomic E-state index is -4.52. The molecule has 0 unspecified atom stereocenters. The molecular formula is C16H22F3N3OS. The number of nitrogens with zero attached hydrogens (tertiary/aromatic N) is 2. The molecule has 1 aliphatic carbocycles. The van der Waals surface area contributed by atoms with Crippen LogP contribution in [-0.4, -0.2) is 27.2 Å². The molecule has 2 rings (SSSR count). The number of carbonyl (C=O) groups excluding carboxylic acids is 1. The van der Waals surface area contributed by atoms with Crippen molar-refractivity contribution in [3.05, 3.63) is 18.0 Å². The largest absolute Gasteiger partial charge is 0.433 e. The second-order valence-electron chi connectivity index (χ2n) is 6.36. The Morgan fingerprint density at radius 1 is 1.38 bits per heavy atom. The van der Waals surface area contributed by atoms with Crippen LogP contribution < -0.4 is 5.32 Å². The molecule has 1 aromatic heterocycles. The maximum Gasteiger partial charge on any atom is 0.433 e. The number of thioether (sulfide) groups is 1. The Hall–Kier alpha value is -1.31. The van der Waals surface area contributed by atoms with Crippen LogP contribution in [-0.2, 0) is 11.0 Å². The molecule has 1 amide bonds. The highest BCUT2D eigenvalue weighted by molar-refractivity contribution is 8.00. The summed E-state index contributed by atoms with van der Waals surface area (Å²) in [6.45, 7) is 5.96. The molecule has 1 aromatic rings. The van der Waals surface area contributed by atoms with Gasteiger partial charge in [-0.2, -0.15) is 13.2 Å². The van der Waals surface area contributed by atoms with E-state index in [-0.39, 0.29) is 17.1 Å². The molecule has 4 atom stereocenters. The predicted molar refractivity (Wildman–Crippen MR) is 86.5 cm³/mol. The van der Waals surface area contributed by atoms with Gasteiger partial charge >= 0.3 is 6.18 Å². The number of nitrogens with one attached hydrogen (secondary N) is 1. The van der Waals surface area contributed by atoms with Gasteiger partial charge in [-0.3, -0.25) is 4.79 Å². The third kappa shape index (κ3) is 4.84. The Morgan fingerprint density at radius 3 is 2.75 bits per heavy atom. The molecule has 0 bridgehead atoms. The van der Waals surface area contributed by atoms with Crippen molar-refractivity contribution in [1.29, 1.82) is 0 Å². The van der Waals surface area contributed by atoms with E-state index in [1.165, 1.54) is 0 Å². The van der Waals surface area contributed by atoms with Crippen LogP contribution in [0.15, 0.2) is 17.4 Å². The van der Waals surface area contributed by atoms with E-state index in [1.807, 2.05) is 0 Å². The van der Waals surface area contributed by atoms with E-state index in [0.29, 0.717) is 11.8 Å². The van der Waals surface area contributed by atoms with Crippen molar-refractivity contribution in [2.24, 2.45) is 11.8 Å². The van der Waals surface area contributed by atoms with Crippen molar-refractivity contribution in [3.63, 3.8) is 0 Å². The van der Waals surface area contributed by atoms with E-state index in [2.05, 4.69) is 29.1 Å². The van der Waals surface area contributed by atoms with Crippen molar-refractivity contribution in [2.45, 2.75) is 62.7 Å². The summed E-state index contributed by atoms with van der Waals surface area (Å²) < 4.78 is 38.0. The van der Waals surface area contributed by atoms with Gasteiger partial charge in [-0.05, 0) is 31.2 Å². The van der Waals surface area contributed by atoms with Crippen molar-refractivity contribution in [2.75, 3.05) is 0 Å². The van der Waals surface area contributed by atoms with Crippen molar-refractivity contribution in [3.8, 4) is 0 Å². The summed E-state index contributed by atoms with van der Waals surface area (Å²) in [6, 6.07) is 0.937. The zero-order valence-corrected chi connectivity index (χ0v) is 14.7. The lowest BCUT2D eigenvalue weighted by molar-refractivity contribution is -0.141. The lowest BCUT2D eigenvalue weighted by atomic mass is 9.78. The molecule has 1 N–H and O–H groups in total. The number of alkyl halides is 3. The van der Waals surface area contributed by atoms with Crippen LogP contribution in [0.25, 0.3) is 0 Å². The van der Waals surface area contributed by atoms with Gasteiger partial charge < -0.3 is 5.32 Å². The fraction of sp³-hybridized carbons (Fsp3) is 0.688. The molecule has 134 valence electrons. The Balaban J connectivity index is 1.97. The van der Waals surface area contributed by atoms with Gasteiger partial charge in [0.05, 0.1) is 5.25 Å². The summed E-state index contributed by atoms with van der Waals surface area (Å²) in [6.07, 6.45) is -0.273. The van der Waals surface area contributed by atoms with Crippen LogP contribution in [0.3, 0.4) is 0 Å². The standard InChI is InChI=1S/C16H22F3N3OS/c1-9-5-4-6-12(10(9)2)21-14(23)11(3)24-15-20-8-7-13(22-15)16(17,18)19/h7-12H,4-6H2,1-3H3,(H,21,23)/t9-,10-,11-,12+/m0/s1. The zero-order chi connectivity index (χ0) is 17.9. The lowest BCUT2D eigenvalue weighted by Crippen LogP contribution is -2.46. The Kier molecular flexibility index (Phi) is 6.11. The summed E-state index contributed by atoms with van der Waals surface area (Å²) in [5.41, 5.74) is -0.998. The van der Waals surface area contributed by atoms with Gasteiger partial charge in [0, 0.05) is 12.2 Å². The highest BCUT2D eigenvalue weighted by atomic mass is 32.2. The molecular weight excluding hydrogens is 339 g/mol. The quantitative estimate of drug-likeness (QED) is 0.652. The number of amides is 1. The highest BCUT2D eigenvalue weighted by Crippen LogP contribution is 2.31. The minimum Gasteiger partial charge on any atom is -0.352 e. The first kappa shape index (κ1) is 19.0. The van der Waals surface area contributed by atoms with Gasteiger partial charge in [0.2, 0.25) is 5.91 Å². The SMILES string of the molecule is C[C@H]1[C@@H](C)CCC[C@H]1NC(=O)[C@H](C)Sc1nccc(C(F)(F)F)n1. The molecule has 4 nitrogen and oxygen atoms in total. The van der Waals surface area contributed by atoms with E-state index < -0.39 is 17.1 Å². The van der Waals surface area contributed by atoms with E-state index in [0.717, 1.165) is 43.3 Å². The second-order valence-corrected chi connectivity index (χ2v) is 7.67. The average molecular weight is 361 g/mol. The van der Waals surface area contributed by atoms with Crippen molar-refractivity contribution >= 4 is 17.7 Å². The molecule has 0 aliphatic heterocycles. The van der Waals surface area contributed by atoms with Crippen LogP contribution >= 0.6 is 11.8 Å². The molecule has 1 saturated carbocycles. The first-order valence-corrected chi connectivity index (χ1v) is 8.93. The monoisotopic (exact) mass is 361 g/mol. The fourth-order valence-corrected chi connectivity index (χ4v) is 3.62. The molecule has 0 radical (unpaired) electrons. The third-order valence-corrected chi connectivity index (χ3v) is 5.58. The smallest absolute Gasteiger partial charge is 0.352 e. The number of halogens is 3. The van der Waals surface area contributed by atoms with Gasteiger partial charge in [-0.25, -0.2) is 9.97 Å². The molecule has 0 spiro atoms. The number of hydrogen-bond donors (Lipinski definition) is 1. The van der Waals surface area contributed by atoms with E-state index >= 15 is 0 Å². The first-order chi connectivity index (χ1) is 11.2. The Morgan fingerprint density at radius 2 is 2.08 bits per heavy atom. The summed E-state index contributed by atoms with van der Waals surface area (Å²) in [4.78, 5) is 19.6. The van der Waals surface area contributed by atoms with Gasteiger partial charge in [0.25, 0.3) is 0 Å². The number of aromatic nitrogens is 2. The van der Waals surface area contributed by atoms with E-state index in [1.54, 1.807) is 6.92 Å². The summed E-state index contributed by atoms with van der Waals surface area (Å²) in [5, 5.41) is 2.42. The molecule has 0 aromatic carbocycles. The van der Waals surface area contributed by atoms with E-state index in [4.69, 9.17) is 0 Å². The zero-order valence-electron chi connectivity index (χ0n) is 13.9. The predicted octanol–water partition coefficient (Wildman–Crippen LogP) is 3.92. The Labute approximate surface area is 144 Å². The topological polar surface area (TPSA) is 54.9 Å². The lowest BCUT2D eigenvalue weighted by Gasteiger charge is -2.35. The molecule has 8 heteroatoms. The van der Waals surface area contributed by atoms with Gasteiger partial charge in [-0.15, -0.1) is 0 Å². The fourth-order valence-electron chi connectivity index (χ4n) is 2.85. The Bertz CT molecular complexity index is 582. The van der Waals surface area contributed by atoms with Gasteiger partial charge in [0.1, 0.15) is 5.69 Å². The van der Waals surface area contributed by atoms with Crippen LogP contribution in [0, 0.1) is 11.8 Å². The van der Waals surface area contributed by atoms with Crippen LogP contribution in [0.1, 0.15) is 45.7 Å². The summed E-state index contributed by atoms with van der Waals surface area (Å²) in [5.74, 6) is 0.760. The minimum absolute atomic E-state index is 0.0439. The molecule has 1 fully saturated rings. The second kappa shape index (κ2) is 7.72. The number of hydrogen-bond acceptors (Lipinski definition) is 4. The van der Waals surface area contributed by atoms with Gasteiger partial charge in [-0.1, -0.05) is 38.5 Å². The molecule has 0 saturated heterocycles. The van der Waals surface area contributed by atoms with Crippen LogP contribution in [0.2, 0.25) is 0 Å².